The highest BCUT2D eigenvalue weighted by Gasteiger charge is 2.10. The molecule has 18 heavy (non-hydrogen) atoms. The van der Waals surface area contributed by atoms with Crippen LogP contribution in [0.5, 0.6) is 0 Å². The average molecular weight is 251 g/mol. The van der Waals surface area contributed by atoms with Crippen molar-refractivity contribution in [3.8, 4) is 0 Å². The Balaban J connectivity index is 2.02. The van der Waals surface area contributed by atoms with Crippen LogP contribution in [0, 0.1) is 0 Å². The lowest BCUT2D eigenvalue weighted by Crippen LogP contribution is -2.26. The highest BCUT2D eigenvalue weighted by Crippen LogP contribution is 2.16. The van der Waals surface area contributed by atoms with E-state index in [1.54, 1.807) is 6.20 Å². The molecule has 2 rings (SSSR count). The first-order valence-electron chi connectivity index (χ1n) is 5.96. The van der Waals surface area contributed by atoms with Crippen LogP contribution < -0.4 is 5.32 Å². The number of hydrogen-bond acceptors (Lipinski definition) is 6. The Labute approximate surface area is 105 Å². The Kier molecular flexibility index (Phi) is 4.43. The Morgan fingerprint density at radius 2 is 2.06 bits per heavy atom. The third-order valence-electron chi connectivity index (χ3n) is 2.39. The summed E-state index contributed by atoms with van der Waals surface area (Å²) in [6.45, 7) is 5.61. The van der Waals surface area contributed by atoms with Crippen molar-refractivity contribution in [1.82, 2.24) is 20.2 Å². The third-order valence-corrected chi connectivity index (χ3v) is 2.39. The quantitative estimate of drug-likeness (QED) is 0.718. The predicted octanol–water partition coefficient (Wildman–Crippen LogP) is 1.16. The number of nitrogens with zero attached hydrogens (tertiary/aromatic N) is 3. The van der Waals surface area contributed by atoms with Crippen LogP contribution in [0.25, 0.3) is 11.0 Å². The average Bonchev–Trinajstić information content (AvgIpc) is 2.85. The number of aromatic amines is 1. The first-order chi connectivity index (χ1) is 8.85. The zero-order chi connectivity index (χ0) is 12.8. The topological polar surface area (TPSA) is 85.0 Å². The molecule has 7 heteroatoms. The maximum atomic E-state index is 5.45. The van der Waals surface area contributed by atoms with Crippen molar-refractivity contribution >= 4 is 16.9 Å². The van der Waals surface area contributed by atoms with Crippen LogP contribution in [0.3, 0.4) is 0 Å². The maximum absolute atomic E-state index is 5.45. The Morgan fingerprint density at radius 1 is 1.28 bits per heavy atom. The lowest BCUT2D eigenvalue weighted by molar-refractivity contribution is -0.126. The fraction of sp³-hybridized carbons (Fsp3) is 0.545. The van der Waals surface area contributed by atoms with Crippen molar-refractivity contribution in [3.63, 3.8) is 0 Å². The summed E-state index contributed by atoms with van der Waals surface area (Å²) in [6, 6.07) is 0. The van der Waals surface area contributed by atoms with Crippen LogP contribution in [0.15, 0.2) is 12.5 Å². The standard InChI is InChI=1S/C11H17N5O2/c1-3-17-9(18-4-2)6-12-10-8-5-15-16-11(8)14-7-13-10/h5,7,9H,3-4,6H2,1-2H3,(H2,12,13,14,15,16). The van der Waals surface area contributed by atoms with Crippen molar-refractivity contribution in [2.24, 2.45) is 0 Å². The van der Waals surface area contributed by atoms with E-state index in [-0.39, 0.29) is 6.29 Å². The second-order valence-electron chi connectivity index (χ2n) is 3.58. The van der Waals surface area contributed by atoms with Gasteiger partial charge in [-0.05, 0) is 13.8 Å². The van der Waals surface area contributed by atoms with Crippen molar-refractivity contribution in [1.29, 1.82) is 0 Å². The largest absolute Gasteiger partial charge is 0.364 e. The SMILES string of the molecule is CCOC(CNc1ncnc2[nH]ncc12)OCC. The number of anilines is 1. The van der Waals surface area contributed by atoms with Gasteiger partial charge in [-0.15, -0.1) is 0 Å². The maximum Gasteiger partial charge on any atom is 0.174 e. The molecule has 2 aromatic heterocycles. The minimum atomic E-state index is -0.281. The number of fused-ring (bicyclic) bond motifs is 1. The summed E-state index contributed by atoms with van der Waals surface area (Å²) in [5.41, 5.74) is 0.705. The van der Waals surface area contributed by atoms with Crippen LogP contribution >= 0.6 is 0 Å². The molecule has 0 aliphatic carbocycles. The van der Waals surface area contributed by atoms with Crippen LogP contribution in [-0.4, -0.2) is 46.2 Å². The predicted molar refractivity (Wildman–Crippen MR) is 67.2 cm³/mol. The Bertz CT molecular complexity index is 481. The molecule has 0 atom stereocenters. The van der Waals surface area contributed by atoms with Crippen molar-refractivity contribution in [2.45, 2.75) is 20.1 Å². The molecule has 0 aliphatic rings. The number of nitrogens with one attached hydrogen (secondary N) is 2. The molecule has 2 heterocycles. The fourth-order valence-electron chi connectivity index (χ4n) is 1.62. The molecule has 0 radical (unpaired) electrons. The number of ether oxygens (including phenoxy) is 2. The molecule has 0 aliphatic heterocycles. The van der Waals surface area contributed by atoms with Gasteiger partial charge in [0.2, 0.25) is 0 Å². The van der Waals surface area contributed by atoms with E-state index in [1.165, 1.54) is 6.33 Å². The minimum Gasteiger partial charge on any atom is -0.364 e. The van der Waals surface area contributed by atoms with Gasteiger partial charge >= 0.3 is 0 Å². The molecular weight excluding hydrogens is 234 g/mol. The van der Waals surface area contributed by atoms with Gasteiger partial charge in [-0.3, -0.25) is 5.10 Å². The van der Waals surface area contributed by atoms with Crippen molar-refractivity contribution in [2.75, 3.05) is 25.1 Å². The first kappa shape index (κ1) is 12.7. The van der Waals surface area contributed by atoms with Crippen LogP contribution in [0.4, 0.5) is 5.82 Å². The van der Waals surface area contributed by atoms with Gasteiger partial charge in [0.05, 0.1) is 18.1 Å². The van der Waals surface area contributed by atoms with E-state index in [0.717, 1.165) is 11.2 Å². The lowest BCUT2D eigenvalue weighted by atomic mass is 10.4. The van der Waals surface area contributed by atoms with Crippen LogP contribution in [-0.2, 0) is 9.47 Å². The van der Waals surface area contributed by atoms with E-state index >= 15 is 0 Å². The molecule has 0 saturated heterocycles. The molecule has 98 valence electrons. The van der Waals surface area contributed by atoms with Gasteiger partial charge in [-0.25, -0.2) is 9.97 Å². The minimum absolute atomic E-state index is 0.281. The molecular formula is C11H17N5O2. The van der Waals surface area contributed by atoms with Crippen LogP contribution in [0.1, 0.15) is 13.8 Å². The number of rotatable bonds is 7. The van der Waals surface area contributed by atoms with Gasteiger partial charge in [-0.1, -0.05) is 0 Å². The monoisotopic (exact) mass is 251 g/mol. The van der Waals surface area contributed by atoms with Crippen molar-refractivity contribution in [3.05, 3.63) is 12.5 Å². The lowest BCUT2D eigenvalue weighted by Gasteiger charge is -2.17. The Morgan fingerprint density at radius 3 is 2.78 bits per heavy atom. The fourth-order valence-corrected chi connectivity index (χ4v) is 1.62. The summed E-state index contributed by atoms with van der Waals surface area (Å²) in [4.78, 5) is 8.25. The highest BCUT2D eigenvalue weighted by atomic mass is 16.7. The summed E-state index contributed by atoms with van der Waals surface area (Å²) >= 11 is 0. The smallest absolute Gasteiger partial charge is 0.174 e. The molecule has 2 aromatic rings. The van der Waals surface area contributed by atoms with Crippen LogP contribution in [0.2, 0.25) is 0 Å². The van der Waals surface area contributed by atoms with E-state index in [0.29, 0.717) is 25.4 Å². The van der Waals surface area contributed by atoms with E-state index in [4.69, 9.17) is 9.47 Å². The molecule has 0 bridgehead atoms. The molecule has 0 aromatic carbocycles. The van der Waals surface area contributed by atoms with E-state index in [1.807, 2.05) is 13.8 Å². The molecule has 2 N–H and O–H groups in total. The highest BCUT2D eigenvalue weighted by molar-refractivity contribution is 5.85. The van der Waals surface area contributed by atoms with Gasteiger partial charge in [0.25, 0.3) is 0 Å². The Hall–Kier alpha value is -1.73. The zero-order valence-corrected chi connectivity index (χ0v) is 10.5. The molecule has 0 fully saturated rings. The summed E-state index contributed by atoms with van der Waals surface area (Å²) in [5.74, 6) is 0.721. The van der Waals surface area contributed by atoms with Gasteiger partial charge in [-0.2, -0.15) is 5.10 Å². The number of hydrogen-bond donors (Lipinski definition) is 2. The molecule has 0 amide bonds. The second-order valence-corrected chi connectivity index (χ2v) is 3.58. The third kappa shape index (κ3) is 2.93. The summed E-state index contributed by atoms with van der Waals surface area (Å²) < 4.78 is 10.9. The molecule has 7 nitrogen and oxygen atoms in total. The molecule has 0 saturated carbocycles. The van der Waals surface area contributed by atoms with Gasteiger partial charge in [0.1, 0.15) is 12.1 Å². The summed E-state index contributed by atoms with van der Waals surface area (Å²) in [7, 11) is 0. The van der Waals surface area contributed by atoms with Gasteiger partial charge < -0.3 is 14.8 Å². The zero-order valence-electron chi connectivity index (χ0n) is 10.5. The van der Waals surface area contributed by atoms with E-state index in [2.05, 4.69) is 25.5 Å². The normalized spacial score (nSPS) is 11.3. The van der Waals surface area contributed by atoms with E-state index < -0.39 is 0 Å². The first-order valence-corrected chi connectivity index (χ1v) is 5.96. The van der Waals surface area contributed by atoms with E-state index in [9.17, 15) is 0 Å². The summed E-state index contributed by atoms with van der Waals surface area (Å²) in [6.07, 6.45) is 2.89. The molecule has 0 spiro atoms. The van der Waals surface area contributed by atoms with Gasteiger partial charge in [0, 0.05) is 13.2 Å². The van der Waals surface area contributed by atoms with Gasteiger partial charge in [0.15, 0.2) is 11.9 Å². The molecule has 0 unspecified atom stereocenters. The summed E-state index contributed by atoms with van der Waals surface area (Å²) in [5, 5.41) is 10.8. The number of aromatic nitrogens is 4. The van der Waals surface area contributed by atoms with Crippen molar-refractivity contribution < 1.29 is 9.47 Å². The second kappa shape index (κ2) is 6.27. The number of H-pyrrole nitrogens is 1.